The number of fused-ring (bicyclic) bond motifs is 6. The molecule has 1 aromatic heterocycles. The smallest absolute Gasteiger partial charge is 0.416 e. The van der Waals surface area contributed by atoms with Crippen molar-refractivity contribution in [3.63, 3.8) is 0 Å². The van der Waals surface area contributed by atoms with Gasteiger partial charge in [0, 0.05) is 29.9 Å². The third-order valence-corrected chi connectivity index (χ3v) is 9.99. The fraction of sp³-hybridized carbons (Fsp3) is 0.324. The Morgan fingerprint density at radius 1 is 1.04 bits per heavy atom. The first-order valence-corrected chi connectivity index (χ1v) is 16.5. The van der Waals surface area contributed by atoms with E-state index >= 15 is 8.78 Å². The number of carboxylic acids is 1. The number of pyridine rings is 1. The minimum absolute atomic E-state index is 0.116. The third-order valence-electron chi connectivity index (χ3n) is 9.48. The van der Waals surface area contributed by atoms with Crippen LogP contribution in [0, 0.1) is 25.5 Å². The largest absolute Gasteiger partial charge is 0.481 e. The summed E-state index contributed by atoms with van der Waals surface area (Å²) in [4.78, 5) is 40.0. The van der Waals surface area contributed by atoms with E-state index in [1.54, 1.807) is 6.07 Å². The van der Waals surface area contributed by atoms with Gasteiger partial charge in [0.1, 0.15) is 22.5 Å². The number of hydrogen-bond donors (Lipinski definition) is 3. The van der Waals surface area contributed by atoms with Gasteiger partial charge < -0.3 is 15.3 Å². The molecule has 0 saturated carbocycles. The number of carbonyl (C=O) groups excluding carboxylic acids is 1. The van der Waals surface area contributed by atoms with Crippen LogP contribution in [0.15, 0.2) is 65.6 Å². The highest BCUT2D eigenvalue weighted by Crippen LogP contribution is 2.40. The van der Waals surface area contributed by atoms with Crippen LogP contribution in [0.1, 0.15) is 63.4 Å². The summed E-state index contributed by atoms with van der Waals surface area (Å²) in [5.41, 5.74) is 0.106. The molecule has 6 rings (SSSR count). The van der Waals surface area contributed by atoms with Gasteiger partial charge in [-0.1, -0.05) is 24.3 Å². The third kappa shape index (κ3) is 6.80. The second-order valence-corrected chi connectivity index (χ2v) is 13.8. The Morgan fingerprint density at radius 2 is 1.78 bits per heavy atom. The van der Waals surface area contributed by atoms with E-state index < -0.39 is 58.1 Å². The first kappa shape index (κ1) is 35.3. The van der Waals surface area contributed by atoms with Crippen LogP contribution < -0.4 is 10.9 Å². The highest BCUT2D eigenvalue weighted by molar-refractivity contribution is 7.81. The van der Waals surface area contributed by atoms with Crippen molar-refractivity contribution in [2.24, 2.45) is 0 Å². The van der Waals surface area contributed by atoms with E-state index in [2.05, 4.69) is 17.9 Å². The van der Waals surface area contributed by atoms with E-state index in [0.29, 0.717) is 35.8 Å². The number of amides is 1. The molecular formula is C37H34F5N3O4S. The molecule has 7 nitrogen and oxygen atoms in total. The zero-order chi connectivity index (χ0) is 36.1. The molecule has 0 unspecified atom stereocenters. The highest BCUT2D eigenvalue weighted by Gasteiger charge is 2.41. The number of aryl methyl sites for hydroxylation is 2. The van der Waals surface area contributed by atoms with Gasteiger partial charge in [0.2, 0.25) is 5.91 Å². The van der Waals surface area contributed by atoms with Crippen LogP contribution in [0.2, 0.25) is 0 Å². The summed E-state index contributed by atoms with van der Waals surface area (Å²) in [5.74, 6) is -4.43. The Hall–Kier alpha value is -4.49. The molecule has 1 amide bonds. The van der Waals surface area contributed by atoms with Crippen molar-refractivity contribution in [2.45, 2.75) is 56.6 Å². The number of benzene rings is 3. The molecular weight excluding hydrogens is 677 g/mol. The zero-order valence-corrected chi connectivity index (χ0v) is 28.1. The number of aromatic nitrogens is 1. The fourth-order valence-corrected chi connectivity index (χ4v) is 7.30. The van der Waals surface area contributed by atoms with Crippen LogP contribution in [0.5, 0.6) is 0 Å². The number of rotatable bonds is 6. The molecule has 1 saturated heterocycles. The van der Waals surface area contributed by atoms with Crippen LogP contribution in [0.3, 0.4) is 0 Å². The molecule has 4 bridgehead atoms. The number of nitrogens with one attached hydrogen (secondary N) is 1. The van der Waals surface area contributed by atoms with Crippen molar-refractivity contribution in [1.82, 2.24) is 14.8 Å². The lowest BCUT2D eigenvalue weighted by Gasteiger charge is -2.33. The molecule has 2 atom stereocenters. The number of alkyl halides is 3. The molecule has 4 aromatic rings. The fourth-order valence-electron chi connectivity index (χ4n) is 6.89. The summed E-state index contributed by atoms with van der Waals surface area (Å²) in [7, 11) is 0. The maximum absolute atomic E-state index is 16.1. The molecule has 3 aromatic carbocycles. The highest BCUT2D eigenvalue weighted by atomic mass is 32.1. The van der Waals surface area contributed by atoms with E-state index in [4.69, 9.17) is 0 Å². The number of likely N-dealkylation sites (tertiary alicyclic amines) is 1. The summed E-state index contributed by atoms with van der Waals surface area (Å²) >= 11 is 4.56. The molecule has 3 heterocycles. The summed E-state index contributed by atoms with van der Waals surface area (Å²) in [6.07, 6.45) is -3.93. The average molecular weight is 712 g/mol. The first-order chi connectivity index (χ1) is 23.6. The van der Waals surface area contributed by atoms with E-state index in [9.17, 15) is 32.7 Å². The number of thiol groups is 1. The Balaban J connectivity index is 1.63. The first-order valence-electron chi connectivity index (χ1n) is 16.0. The number of halogens is 5. The van der Waals surface area contributed by atoms with Gasteiger partial charge in [-0.15, -0.1) is 12.6 Å². The Kier molecular flexibility index (Phi) is 9.42. The SMILES string of the molecule is Cc1cc2cc(c1F)[C@@](S)(CC(=O)O)NC(=O)[C@@H](n1cc(CCN3CCC3)c(C(F)(F)F)cc1=O)c1cc(ccc1F)Cc1cccc(C)c1-2. The van der Waals surface area contributed by atoms with Crippen molar-refractivity contribution in [3.8, 4) is 11.1 Å². The Labute approximate surface area is 290 Å². The van der Waals surface area contributed by atoms with Crippen LogP contribution >= 0.6 is 12.6 Å². The van der Waals surface area contributed by atoms with Gasteiger partial charge in [-0.05, 0) is 109 Å². The van der Waals surface area contributed by atoms with E-state index in [1.165, 1.54) is 25.1 Å². The molecule has 2 aliphatic rings. The van der Waals surface area contributed by atoms with Gasteiger partial charge in [-0.3, -0.25) is 19.0 Å². The minimum atomic E-state index is -4.89. The number of nitrogens with zero attached hydrogens (tertiary/aromatic N) is 2. The van der Waals surface area contributed by atoms with Gasteiger partial charge in [-0.25, -0.2) is 8.78 Å². The maximum Gasteiger partial charge on any atom is 0.416 e. The molecule has 262 valence electrons. The van der Waals surface area contributed by atoms with Gasteiger partial charge in [-0.2, -0.15) is 13.2 Å². The van der Waals surface area contributed by atoms with Crippen LogP contribution in [0.4, 0.5) is 22.0 Å². The second-order valence-electron chi connectivity index (χ2n) is 13.0. The summed E-state index contributed by atoms with van der Waals surface area (Å²) in [6, 6.07) is 10.9. The standard InChI is InChI=1S/C37H34F5N3O4S/c1-20-5-3-6-23-14-22-7-8-29(38)26(15-22)34(45-19-24(9-12-44-10-4-11-44)27(17-30(45)46)37(40,41)42)35(49)43-36(50,18-31(47)48)28-16-25(32(20)23)13-21(2)33(28)39/h3,5-8,13,15-17,19,34,50H,4,9-12,14,18H2,1-2H3,(H,43,49)(H,47,48)/t34-,36-/m0/s1. The number of carboxylic acid groups (broad SMARTS) is 1. The molecule has 50 heavy (non-hydrogen) atoms. The van der Waals surface area contributed by atoms with E-state index in [0.717, 1.165) is 34.4 Å². The molecule has 1 fully saturated rings. The average Bonchev–Trinajstić information content (AvgIpc) is 2.99. The lowest BCUT2D eigenvalue weighted by Crippen LogP contribution is -2.48. The number of hydrogen-bond acceptors (Lipinski definition) is 5. The van der Waals surface area contributed by atoms with Crippen molar-refractivity contribution < 1.29 is 36.6 Å². The second kappa shape index (κ2) is 13.3. The van der Waals surface area contributed by atoms with E-state index in [1.807, 2.05) is 30.0 Å². The Bertz CT molecular complexity index is 2080. The molecule has 0 aliphatic carbocycles. The maximum atomic E-state index is 16.1. The van der Waals surface area contributed by atoms with Crippen molar-refractivity contribution in [1.29, 1.82) is 0 Å². The molecule has 2 aliphatic heterocycles. The summed E-state index contributed by atoms with van der Waals surface area (Å²) in [6.45, 7) is 5.01. The summed E-state index contributed by atoms with van der Waals surface area (Å²) in [5, 5.41) is 12.4. The number of carbonyl (C=O) groups is 2. The lowest BCUT2D eigenvalue weighted by molar-refractivity contribution is -0.139. The molecule has 13 heteroatoms. The lowest BCUT2D eigenvalue weighted by atomic mass is 9.88. The van der Waals surface area contributed by atoms with Gasteiger partial charge in [0.05, 0.1) is 12.0 Å². The predicted octanol–water partition coefficient (Wildman–Crippen LogP) is 6.54. The van der Waals surface area contributed by atoms with Gasteiger partial charge >= 0.3 is 12.1 Å². The van der Waals surface area contributed by atoms with Crippen LogP contribution in [0.25, 0.3) is 11.1 Å². The van der Waals surface area contributed by atoms with Gasteiger partial charge in [0.25, 0.3) is 5.56 Å². The van der Waals surface area contributed by atoms with E-state index in [-0.39, 0.29) is 41.6 Å². The normalized spacial score (nSPS) is 19.4. The molecule has 2 N–H and O–H groups in total. The minimum Gasteiger partial charge on any atom is -0.481 e. The monoisotopic (exact) mass is 711 g/mol. The quantitative estimate of drug-likeness (QED) is 0.156. The van der Waals surface area contributed by atoms with Crippen LogP contribution in [-0.2, 0) is 33.5 Å². The Morgan fingerprint density at radius 3 is 2.44 bits per heavy atom. The van der Waals surface area contributed by atoms with Crippen molar-refractivity contribution >= 4 is 24.5 Å². The van der Waals surface area contributed by atoms with Crippen LogP contribution in [-0.4, -0.2) is 46.1 Å². The topological polar surface area (TPSA) is 91.6 Å². The zero-order valence-electron chi connectivity index (χ0n) is 27.2. The summed E-state index contributed by atoms with van der Waals surface area (Å²) < 4.78 is 75.4. The van der Waals surface area contributed by atoms with Crippen molar-refractivity contribution in [2.75, 3.05) is 19.6 Å². The predicted molar refractivity (Wildman–Crippen MR) is 180 cm³/mol. The van der Waals surface area contributed by atoms with Gasteiger partial charge in [0.15, 0.2) is 0 Å². The number of aliphatic carboxylic acids is 1. The molecule has 0 radical (unpaired) electrons. The van der Waals surface area contributed by atoms with Crippen molar-refractivity contribution in [3.05, 3.63) is 127 Å². The molecule has 0 spiro atoms.